The van der Waals surface area contributed by atoms with Crippen LogP contribution >= 0.6 is 30.2 Å². The van der Waals surface area contributed by atoms with Crippen molar-refractivity contribution in [3.8, 4) is 0 Å². The van der Waals surface area contributed by atoms with Crippen LogP contribution in [0, 0.1) is 5.92 Å². The van der Waals surface area contributed by atoms with Crippen LogP contribution in [0.3, 0.4) is 0 Å². The molecule has 1 rings (SSSR count). The number of halogens is 1. The van der Waals surface area contributed by atoms with Gasteiger partial charge < -0.3 is 18.5 Å². The van der Waals surface area contributed by atoms with Crippen molar-refractivity contribution in [1.29, 1.82) is 0 Å². The zero-order valence-electron chi connectivity index (χ0n) is 12.8. The first-order chi connectivity index (χ1) is 10.1. The molecule has 2 atom stereocenters. The monoisotopic (exact) mass is 432 g/mol. The second kappa shape index (κ2) is 11.1. The molecule has 0 aromatic heterocycles. The maximum absolute atomic E-state index is 12.3. The van der Waals surface area contributed by atoms with Gasteiger partial charge in [0, 0.05) is 22.8 Å². The maximum Gasteiger partial charge on any atom is 0.353 e. The van der Waals surface area contributed by atoms with E-state index in [4.69, 9.17) is 18.5 Å². The minimum absolute atomic E-state index is 0.0943. The van der Waals surface area contributed by atoms with Gasteiger partial charge in [0.15, 0.2) is 6.29 Å². The molecule has 7 heteroatoms. The molecule has 124 valence electrons. The van der Waals surface area contributed by atoms with Crippen molar-refractivity contribution in [2.24, 2.45) is 5.92 Å². The van der Waals surface area contributed by atoms with Crippen molar-refractivity contribution in [2.45, 2.75) is 39.4 Å². The maximum atomic E-state index is 12.3. The summed E-state index contributed by atoms with van der Waals surface area (Å²) in [6.45, 7) is 5.67. The lowest BCUT2D eigenvalue weighted by molar-refractivity contribution is -0.165. The summed E-state index contributed by atoms with van der Waals surface area (Å²) in [5, 5.41) is 0. The molecule has 21 heavy (non-hydrogen) atoms. The van der Waals surface area contributed by atoms with E-state index in [9.17, 15) is 4.57 Å². The van der Waals surface area contributed by atoms with Gasteiger partial charge in [-0.15, -0.1) is 0 Å². The van der Waals surface area contributed by atoms with Gasteiger partial charge in [0.2, 0.25) is 0 Å². The highest BCUT2D eigenvalue weighted by molar-refractivity contribution is 14.1. The summed E-state index contributed by atoms with van der Waals surface area (Å²) in [4.78, 5) is 0. The molecule has 0 N–H and O–H groups in total. The summed E-state index contributed by atoms with van der Waals surface area (Å²) in [7, 11) is -3.11. The van der Waals surface area contributed by atoms with E-state index in [0.717, 1.165) is 30.3 Å². The predicted octanol–water partition coefficient (Wildman–Crippen LogP) is 4.36. The number of alkyl halides is 1. The van der Waals surface area contributed by atoms with Crippen LogP contribution in [0.15, 0.2) is 11.9 Å². The average Bonchev–Trinajstić information content (AvgIpc) is 2.49. The number of hydrogen-bond acceptors (Lipinski definition) is 5. The third-order valence-corrected chi connectivity index (χ3v) is 5.90. The molecule has 0 aromatic carbocycles. The molecule has 0 aliphatic carbocycles. The van der Waals surface area contributed by atoms with E-state index < -0.39 is 7.60 Å². The first kappa shape index (κ1) is 19.6. The van der Waals surface area contributed by atoms with Gasteiger partial charge in [-0.3, -0.25) is 4.57 Å². The van der Waals surface area contributed by atoms with Crippen LogP contribution in [-0.2, 0) is 23.1 Å². The fourth-order valence-electron chi connectivity index (χ4n) is 1.94. The Morgan fingerprint density at radius 2 is 2.05 bits per heavy atom. The van der Waals surface area contributed by atoms with Crippen molar-refractivity contribution in [3.05, 3.63) is 11.9 Å². The molecule has 1 saturated heterocycles. The quantitative estimate of drug-likeness (QED) is 0.292. The number of rotatable bonds is 10. The lowest BCUT2D eigenvalue weighted by Crippen LogP contribution is -2.25. The Balaban J connectivity index is 2.46. The van der Waals surface area contributed by atoms with Crippen molar-refractivity contribution in [2.75, 3.05) is 30.9 Å². The van der Waals surface area contributed by atoms with Gasteiger partial charge in [-0.05, 0) is 33.1 Å². The van der Waals surface area contributed by atoms with Crippen molar-refractivity contribution in [3.63, 3.8) is 0 Å². The molecule has 1 aliphatic rings. The highest BCUT2D eigenvalue weighted by Crippen LogP contribution is 2.49. The average molecular weight is 432 g/mol. The fraction of sp³-hybridized carbons (Fsp3) is 0.857. The van der Waals surface area contributed by atoms with Crippen LogP contribution in [0.5, 0.6) is 0 Å². The SMILES string of the molecule is CCOP(=O)(/C=C/[C@@H](CI)CO[C@H]1CCCCO1)OCC. The first-order valence-corrected chi connectivity index (χ1v) is 10.6. The van der Waals surface area contributed by atoms with Crippen LogP contribution in [0.25, 0.3) is 0 Å². The molecule has 0 bridgehead atoms. The highest BCUT2D eigenvalue weighted by atomic mass is 127. The van der Waals surface area contributed by atoms with Crippen molar-refractivity contribution >= 4 is 30.2 Å². The number of ether oxygens (including phenoxy) is 2. The summed E-state index contributed by atoms with van der Waals surface area (Å²) < 4.78 is 35.0. The molecule has 0 spiro atoms. The van der Waals surface area contributed by atoms with E-state index in [1.54, 1.807) is 19.7 Å². The van der Waals surface area contributed by atoms with E-state index in [2.05, 4.69) is 22.6 Å². The van der Waals surface area contributed by atoms with E-state index in [-0.39, 0.29) is 12.2 Å². The molecule has 5 nitrogen and oxygen atoms in total. The van der Waals surface area contributed by atoms with E-state index in [0.29, 0.717) is 19.8 Å². The van der Waals surface area contributed by atoms with Gasteiger partial charge in [-0.1, -0.05) is 28.7 Å². The second-order valence-corrected chi connectivity index (χ2v) is 7.54. The second-order valence-electron chi connectivity index (χ2n) is 4.76. The predicted molar refractivity (Wildman–Crippen MR) is 91.9 cm³/mol. The molecular formula is C14H26IO5P. The van der Waals surface area contributed by atoms with Crippen LogP contribution in [-0.4, -0.2) is 37.1 Å². The first-order valence-electron chi connectivity index (χ1n) is 7.50. The number of hydrogen-bond donors (Lipinski definition) is 0. The Morgan fingerprint density at radius 3 is 2.57 bits per heavy atom. The lowest BCUT2D eigenvalue weighted by Gasteiger charge is -2.24. The topological polar surface area (TPSA) is 54.0 Å². The van der Waals surface area contributed by atoms with Gasteiger partial charge in [-0.2, -0.15) is 0 Å². The molecule has 1 heterocycles. The summed E-state index contributed by atoms with van der Waals surface area (Å²) in [6, 6.07) is 0. The fourth-order valence-corrected chi connectivity index (χ4v) is 3.90. The molecule has 0 saturated carbocycles. The van der Waals surface area contributed by atoms with Gasteiger partial charge in [0.05, 0.1) is 19.8 Å². The Labute approximate surface area is 141 Å². The van der Waals surface area contributed by atoms with Crippen molar-refractivity contribution in [1.82, 2.24) is 0 Å². The standard InChI is InChI=1S/C14H26IO5P/c1-3-19-21(16,20-4-2)10-8-13(11-15)12-18-14-7-5-6-9-17-14/h8,10,13-14H,3-7,9,11-12H2,1-2H3/b10-8+/t13-,14-/m0/s1. The lowest BCUT2D eigenvalue weighted by atomic mass is 10.2. The Hall–Kier alpha value is 0.540. The van der Waals surface area contributed by atoms with Crippen molar-refractivity contribution < 1.29 is 23.1 Å². The smallest absolute Gasteiger partial charge is 0.353 e. The highest BCUT2D eigenvalue weighted by Gasteiger charge is 2.20. The summed E-state index contributed by atoms with van der Waals surface area (Å²) in [5.41, 5.74) is 0. The zero-order valence-corrected chi connectivity index (χ0v) is 15.9. The third kappa shape index (κ3) is 8.09. The molecular weight excluding hydrogens is 406 g/mol. The molecule has 1 fully saturated rings. The van der Waals surface area contributed by atoms with Gasteiger partial charge in [0.1, 0.15) is 0 Å². The minimum atomic E-state index is -3.11. The van der Waals surface area contributed by atoms with Gasteiger partial charge >= 0.3 is 7.60 Å². The molecule has 1 aliphatic heterocycles. The van der Waals surface area contributed by atoms with Gasteiger partial charge in [-0.25, -0.2) is 0 Å². The molecule has 0 unspecified atom stereocenters. The Bertz CT molecular complexity index is 334. The molecule has 0 radical (unpaired) electrons. The van der Waals surface area contributed by atoms with Crippen LogP contribution in [0.2, 0.25) is 0 Å². The van der Waals surface area contributed by atoms with Gasteiger partial charge in [0.25, 0.3) is 0 Å². The third-order valence-electron chi connectivity index (χ3n) is 2.99. The Morgan fingerprint density at radius 1 is 1.33 bits per heavy atom. The summed E-state index contributed by atoms with van der Waals surface area (Å²) in [6.07, 6.45) is 5.00. The summed E-state index contributed by atoms with van der Waals surface area (Å²) in [5.74, 6) is 1.74. The van der Waals surface area contributed by atoms with E-state index in [1.165, 1.54) is 0 Å². The van der Waals surface area contributed by atoms with Crippen LogP contribution < -0.4 is 0 Å². The van der Waals surface area contributed by atoms with Crippen LogP contribution in [0.1, 0.15) is 33.1 Å². The van der Waals surface area contributed by atoms with Crippen LogP contribution in [0.4, 0.5) is 0 Å². The summed E-state index contributed by atoms with van der Waals surface area (Å²) >= 11 is 2.29. The largest absolute Gasteiger partial charge is 0.353 e. The minimum Gasteiger partial charge on any atom is -0.353 e. The van der Waals surface area contributed by atoms with E-state index in [1.807, 2.05) is 6.08 Å². The molecule has 0 amide bonds. The Kier molecular flexibility index (Phi) is 10.4. The zero-order chi connectivity index (χ0) is 15.6. The normalized spacial score (nSPS) is 21.8. The van der Waals surface area contributed by atoms with E-state index >= 15 is 0 Å². The molecule has 0 aromatic rings.